The number of aromatic nitrogens is 2. The molecule has 0 aliphatic carbocycles. The monoisotopic (exact) mass is 401 g/mol. The Kier molecular flexibility index (Phi) is 6.34. The van der Waals surface area contributed by atoms with Crippen LogP contribution in [0.2, 0.25) is 0 Å². The SMILES string of the molecule is COC(=O)CS(=O)(=O)N(Oc1nc(OC)cc(OC)n1)c1ccccc1F. The molecule has 0 atom stereocenters. The molecule has 0 unspecified atom stereocenters. The van der Waals surface area contributed by atoms with Crippen LogP contribution in [0.15, 0.2) is 30.3 Å². The van der Waals surface area contributed by atoms with Crippen LogP contribution in [0.3, 0.4) is 0 Å². The Bertz CT molecular complexity index is 901. The molecule has 0 bridgehead atoms. The second-order valence-corrected chi connectivity index (χ2v) is 6.62. The average molecular weight is 401 g/mol. The lowest BCUT2D eigenvalue weighted by molar-refractivity contribution is -0.137. The molecule has 1 aromatic heterocycles. The van der Waals surface area contributed by atoms with Crippen LogP contribution in [-0.2, 0) is 19.6 Å². The minimum Gasteiger partial charge on any atom is -0.481 e. The second kappa shape index (κ2) is 8.49. The molecule has 146 valence electrons. The Morgan fingerprint density at radius 2 is 1.70 bits per heavy atom. The van der Waals surface area contributed by atoms with Gasteiger partial charge in [-0.3, -0.25) is 4.79 Å². The van der Waals surface area contributed by atoms with Gasteiger partial charge in [-0.2, -0.15) is 9.97 Å². The zero-order chi connectivity index (χ0) is 20.0. The fourth-order valence-electron chi connectivity index (χ4n) is 1.83. The summed E-state index contributed by atoms with van der Waals surface area (Å²) < 4.78 is 53.8. The lowest BCUT2D eigenvalue weighted by Gasteiger charge is -2.22. The van der Waals surface area contributed by atoms with Crippen molar-refractivity contribution in [2.45, 2.75) is 0 Å². The summed E-state index contributed by atoms with van der Waals surface area (Å²) in [6.07, 6.45) is 0. The molecule has 0 aliphatic heterocycles. The highest BCUT2D eigenvalue weighted by molar-refractivity contribution is 7.93. The van der Waals surface area contributed by atoms with Gasteiger partial charge in [-0.05, 0) is 12.1 Å². The molecule has 0 saturated carbocycles. The van der Waals surface area contributed by atoms with Gasteiger partial charge < -0.3 is 19.0 Å². The number of rotatable bonds is 8. The Morgan fingerprint density at radius 3 is 2.22 bits per heavy atom. The molecule has 10 nitrogen and oxygen atoms in total. The van der Waals surface area contributed by atoms with Gasteiger partial charge in [-0.25, -0.2) is 12.8 Å². The maximum Gasteiger partial charge on any atom is 0.351 e. The van der Waals surface area contributed by atoms with Gasteiger partial charge in [0.2, 0.25) is 11.8 Å². The molecule has 0 radical (unpaired) electrons. The lowest BCUT2D eigenvalue weighted by atomic mass is 10.3. The minimum absolute atomic E-state index is 0.00991. The summed E-state index contributed by atoms with van der Waals surface area (Å²) in [5.41, 5.74) is -0.480. The van der Waals surface area contributed by atoms with Gasteiger partial charge in [0.15, 0.2) is 11.6 Å². The number of anilines is 1. The Balaban J connectivity index is 2.51. The molecule has 0 aliphatic rings. The largest absolute Gasteiger partial charge is 0.481 e. The first kappa shape index (κ1) is 20.2. The van der Waals surface area contributed by atoms with Crippen LogP contribution < -0.4 is 18.8 Å². The summed E-state index contributed by atoms with van der Waals surface area (Å²) in [6, 6.07) is 5.71. The van der Waals surface area contributed by atoms with Crippen LogP contribution in [0.25, 0.3) is 0 Å². The molecule has 0 fully saturated rings. The standard InChI is InChI=1S/C15H16FN3O7S/c1-23-12-8-13(24-2)18-15(17-12)26-19(11-7-5-4-6-10(11)16)27(21,22)9-14(20)25-3/h4-8H,9H2,1-3H3. The number of halogens is 1. The first-order valence-electron chi connectivity index (χ1n) is 7.30. The fraction of sp³-hybridized carbons (Fsp3) is 0.267. The van der Waals surface area contributed by atoms with Crippen molar-refractivity contribution in [2.75, 3.05) is 31.6 Å². The summed E-state index contributed by atoms with van der Waals surface area (Å²) in [5, 5.41) is 0. The van der Waals surface area contributed by atoms with Crippen molar-refractivity contribution in [3.05, 3.63) is 36.1 Å². The van der Waals surface area contributed by atoms with E-state index >= 15 is 0 Å². The number of carbonyl (C=O) groups is 1. The summed E-state index contributed by atoms with van der Waals surface area (Å²) in [4.78, 5) is 24.3. The van der Waals surface area contributed by atoms with E-state index in [-0.39, 0.29) is 16.2 Å². The van der Waals surface area contributed by atoms with Crippen molar-refractivity contribution < 1.29 is 36.7 Å². The van der Waals surface area contributed by atoms with Gasteiger partial charge in [0, 0.05) is 0 Å². The van der Waals surface area contributed by atoms with E-state index in [0.29, 0.717) is 0 Å². The normalized spacial score (nSPS) is 10.8. The van der Waals surface area contributed by atoms with Crippen molar-refractivity contribution in [1.82, 2.24) is 9.97 Å². The Hall–Kier alpha value is -3.15. The van der Waals surface area contributed by atoms with E-state index in [4.69, 9.17) is 14.3 Å². The van der Waals surface area contributed by atoms with Crippen molar-refractivity contribution in [3.63, 3.8) is 0 Å². The predicted molar refractivity (Wildman–Crippen MR) is 90.4 cm³/mol. The van der Waals surface area contributed by atoms with Gasteiger partial charge in [-0.15, -0.1) is 0 Å². The number of nitrogens with zero attached hydrogens (tertiary/aromatic N) is 3. The number of carbonyl (C=O) groups excluding carboxylic acids is 1. The number of hydrogen-bond donors (Lipinski definition) is 0. The van der Waals surface area contributed by atoms with Crippen LogP contribution in [0, 0.1) is 5.82 Å². The molecule has 0 N–H and O–H groups in total. The van der Waals surface area contributed by atoms with Crippen molar-refractivity contribution >= 4 is 21.7 Å². The first-order valence-corrected chi connectivity index (χ1v) is 8.91. The maximum absolute atomic E-state index is 14.2. The Morgan fingerprint density at radius 1 is 1.11 bits per heavy atom. The number of benzene rings is 1. The van der Waals surface area contributed by atoms with Crippen LogP contribution >= 0.6 is 0 Å². The molecule has 12 heteroatoms. The van der Waals surface area contributed by atoms with E-state index in [0.717, 1.165) is 19.2 Å². The molecular weight excluding hydrogens is 385 g/mol. The summed E-state index contributed by atoms with van der Waals surface area (Å²) >= 11 is 0. The molecule has 0 amide bonds. The zero-order valence-electron chi connectivity index (χ0n) is 14.6. The molecule has 1 heterocycles. The van der Waals surface area contributed by atoms with E-state index in [1.807, 2.05) is 0 Å². The summed E-state index contributed by atoms with van der Waals surface area (Å²) in [6.45, 7) is 0. The highest BCUT2D eigenvalue weighted by Gasteiger charge is 2.31. The smallest absolute Gasteiger partial charge is 0.351 e. The number of ether oxygens (including phenoxy) is 3. The third-order valence-corrected chi connectivity index (χ3v) is 4.45. The molecule has 27 heavy (non-hydrogen) atoms. The maximum atomic E-state index is 14.2. The van der Waals surface area contributed by atoms with Gasteiger partial charge in [-0.1, -0.05) is 16.6 Å². The average Bonchev–Trinajstić information content (AvgIpc) is 2.65. The molecular formula is C15H16FN3O7S. The van der Waals surface area contributed by atoms with Gasteiger partial charge in [0.1, 0.15) is 5.69 Å². The molecule has 0 saturated heterocycles. The fourth-order valence-corrected chi connectivity index (χ4v) is 2.99. The zero-order valence-corrected chi connectivity index (χ0v) is 15.4. The van der Waals surface area contributed by atoms with E-state index in [9.17, 15) is 17.6 Å². The van der Waals surface area contributed by atoms with Gasteiger partial charge in [0.25, 0.3) is 10.0 Å². The third kappa shape index (κ3) is 4.94. The molecule has 2 aromatic rings. The van der Waals surface area contributed by atoms with E-state index in [2.05, 4.69) is 14.7 Å². The van der Waals surface area contributed by atoms with E-state index in [1.54, 1.807) is 0 Å². The Labute approximate surface area is 154 Å². The van der Waals surface area contributed by atoms with Gasteiger partial charge >= 0.3 is 12.0 Å². The van der Waals surface area contributed by atoms with Crippen molar-refractivity contribution in [2.24, 2.45) is 0 Å². The minimum atomic E-state index is -4.51. The highest BCUT2D eigenvalue weighted by atomic mass is 32.2. The number of sulfonamides is 1. The number of hydrogen-bond acceptors (Lipinski definition) is 9. The lowest BCUT2D eigenvalue weighted by Crippen LogP contribution is -2.39. The quantitative estimate of drug-likeness (QED) is 0.470. The van der Waals surface area contributed by atoms with E-state index < -0.39 is 39.3 Å². The topological polar surface area (TPSA) is 117 Å². The van der Waals surface area contributed by atoms with E-state index in [1.165, 1.54) is 32.4 Å². The first-order chi connectivity index (χ1) is 12.8. The third-order valence-electron chi connectivity index (χ3n) is 3.07. The van der Waals surface area contributed by atoms with Crippen LogP contribution in [-0.4, -0.2) is 51.4 Å². The van der Waals surface area contributed by atoms with Crippen molar-refractivity contribution in [3.8, 4) is 17.8 Å². The molecule has 2 rings (SSSR count). The number of para-hydroxylation sites is 1. The van der Waals surface area contributed by atoms with Crippen LogP contribution in [0.4, 0.5) is 10.1 Å². The predicted octanol–water partition coefficient (Wildman–Crippen LogP) is 0.936. The van der Waals surface area contributed by atoms with Gasteiger partial charge in [0.05, 0.1) is 27.4 Å². The summed E-state index contributed by atoms with van der Waals surface area (Å²) in [7, 11) is -0.868. The second-order valence-electron chi connectivity index (χ2n) is 4.84. The number of methoxy groups -OCH3 is 3. The number of esters is 1. The molecule has 1 aromatic carbocycles. The molecule has 0 spiro atoms. The van der Waals surface area contributed by atoms with Crippen molar-refractivity contribution in [1.29, 1.82) is 0 Å². The van der Waals surface area contributed by atoms with Crippen LogP contribution in [0.1, 0.15) is 0 Å². The summed E-state index contributed by atoms with van der Waals surface area (Å²) in [5.74, 6) is -3.06. The highest BCUT2D eigenvalue weighted by Crippen LogP contribution is 2.26. The van der Waals surface area contributed by atoms with Crippen LogP contribution in [0.5, 0.6) is 17.8 Å².